The molecule has 0 spiro atoms. The lowest BCUT2D eigenvalue weighted by atomic mass is 10.1. The van der Waals surface area contributed by atoms with Gasteiger partial charge < -0.3 is 10.2 Å². The van der Waals surface area contributed by atoms with Gasteiger partial charge in [0.1, 0.15) is 0 Å². The Kier molecular flexibility index (Phi) is 15.4. The summed E-state index contributed by atoms with van der Waals surface area (Å²) in [6.07, 6.45) is 8.81. The quantitative estimate of drug-likeness (QED) is 0.120. The van der Waals surface area contributed by atoms with Crippen LogP contribution in [0.5, 0.6) is 0 Å². The van der Waals surface area contributed by atoms with E-state index in [9.17, 15) is 8.78 Å². The summed E-state index contributed by atoms with van der Waals surface area (Å²) in [5.41, 5.74) is -0.109. The second kappa shape index (κ2) is 18.2. The number of pyridine rings is 1. The number of unbranched alkanes of at least 4 members (excludes halogenated alkanes) is 5. The average molecular weight is 619 g/mol. The first-order valence-electron chi connectivity index (χ1n) is 14.6. The van der Waals surface area contributed by atoms with Crippen LogP contribution in [0.25, 0.3) is 21.1 Å². The van der Waals surface area contributed by atoms with Crippen LogP contribution in [-0.2, 0) is 5.66 Å². The SMILES string of the molecule is CC.CC.CCCCCCCCN(C)c1ccc(Nc2nc(-c3ccc(-c4ccccn4)s3)cs2)cc1C(F)(F)P. The van der Waals surface area contributed by atoms with E-state index in [1.807, 2.05) is 81.4 Å². The number of nitrogens with one attached hydrogen (secondary N) is 1. The Hall–Kier alpha value is -2.41. The van der Waals surface area contributed by atoms with Crippen LogP contribution in [0, 0.1) is 0 Å². The molecular formula is C32H45F2N4PS2. The fraction of sp³-hybridized carbons (Fsp3) is 0.438. The molecule has 0 saturated carbocycles. The molecule has 1 aromatic carbocycles. The summed E-state index contributed by atoms with van der Waals surface area (Å²) >= 11 is 3.08. The Labute approximate surface area is 255 Å². The van der Waals surface area contributed by atoms with Crippen LogP contribution in [0.1, 0.15) is 78.7 Å². The lowest BCUT2D eigenvalue weighted by Crippen LogP contribution is -2.22. The normalized spacial score (nSPS) is 10.8. The van der Waals surface area contributed by atoms with Crippen molar-refractivity contribution in [2.75, 3.05) is 23.8 Å². The molecule has 0 aliphatic rings. The number of aromatic nitrogens is 2. The molecule has 3 aromatic heterocycles. The van der Waals surface area contributed by atoms with Crippen molar-refractivity contribution < 1.29 is 8.78 Å². The summed E-state index contributed by atoms with van der Waals surface area (Å²) < 4.78 is 29.2. The lowest BCUT2D eigenvalue weighted by molar-refractivity contribution is 0.104. The summed E-state index contributed by atoms with van der Waals surface area (Å²) in [6, 6.07) is 15.1. The van der Waals surface area contributed by atoms with Gasteiger partial charge in [-0.3, -0.25) is 4.98 Å². The molecule has 1 N–H and O–H groups in total. The monoisotopic (exact) mass is 618 g/mol. The number of anilines is 3. The smallest absolute Gasteiger partial charge is 0.285 e. The fourth-order valence-electron chi connectivity index (χ4n) is 4.15. The minimum Gasteiger partial charge on any atom is -0.374 e. The minimum atomic E-state index is -3.03. The van der Waals surface area contributed by atoms with E-state index >= 15 is 0 Å². The van der Waals surface area contributed by atoms with E-state index in [1.165, 1.54) is 43.1 Å². The van der Waals surface area contributed by atoms with Crippen LogP contribution in [0.3, 0.4) is 0 Å². The Morgan fingerprint density at radius 1 is 0.902 bits per heavy atom. The van der Waals surface area contributed by atoms with E-state index in [2.05, 4.69) is 17.2 Å². The second-order valence-electron chi connectivity index (χ2n) is 9.09. The van der Waals surface area contributed by atoms with E-state index < -0.39 is 5.66 Å². The second-order valence-corrected chi connectivity index (χ2v) is 11.8. The summed E-state index contributed by atoms with van der Waals surface area (Å²) in [4.78, 5) is 13.2. The molecule has 3 heterocycles. The van der Waals surface area contributed by atoms with Crippen molar-refractivity contribution in [3.63, 3.8) is 0 Å². The first-order valence-corrected chi connectivity index (χ1v) is 16.9. The molecule has 0 saturated heterocycles. The van der Waals surface area contributed by atoms with Gasteiger partial charge in [0.05, 0.1) is 21.1 Å². The van der Waals surface area contributed by atoms with E-state index in [0.29, 0.717) is 16.5 Å². The number of nitrogens with zero attached hydrogens (tertiary/aromatic N) is 3. The van der Waals surface area contributed by atoms with Crippen molar-refractivity contribution >= 4 is 48.4 Å². The predicted octanol–water partition coefficient (Wildman–Crippen LogP) is 11.5. The van der Waals surface area contributed by atoms with Crippen LogP contribution in [0.4, 0.5) is 25.3 Å². The van der Waals surface area contributed by atoms with Crippen LogP contribution in [0.15, 0.2) is 60.1 Å². The first kappa shape index (κ1) is 34.8. The minimum absolute atomic E-state index is 0.00831. The van der Waals surface area contributed by atoms with E-state index in [-0.39, 0.29) is 5.56 Å². The molecule has 4 nitrogen and oxygen atoms in total. The summed E-state index contributed by atoms with van der Waals surface area (Å²) in [6.45, 7) is 11.0. The highest BCUT2D eigenvalue weighted by Gasteiger charge is 2.29. The summed E-state index contributed by atoms with van der Waals surface area (Å²) in [5.74, 6) is 0. The van der Waals surface area contributed by atoms with Crippen molar-refractivity contribution in [3.05, 3.63) is 65.7 Å². The summed E-state index contributed by atoms with van der Waals surface area (Å²) in [5, 5.41) is 5.86. The topological polar surface area (TPSA) is 41.0 Å². The van der Waals surface area contributed by atoms with Gasteiger partial charge >= 0.3 is 0 Å². The van der Waals surface area contributed by atoms with Gasteiger partial charge in [-0.05, 0) is 48.9 Å². The van der Waals surface area contributed by atoms with E-state index in [4.69, 9.17) is 4.98 Å². The molecule has 0 bridgehead atoms. The van der Waals surface area contributed by atoms with Crippen molar-refractivity contribution in [1.29, 1.82) is 0 Å². The van der Waals surface area contributed by atoms with Crippen LogP contribution >= 0.6 is 31.9 Å². The first-order chi connectivity index (χ1) is 19.8. The van der Waals surface area contributed by atoms with Crippen molar-refractivity contribution in [2.24, 2.45) is 0 Å². The van der Waals surface area contributed by atoms with Gasteiger partial charge in [-0.25, -0.2) is 4.98 Å². The highest BCUT2D eigenvalue weighted by molar-refractivity contribution is 7.19. The Morgan fingerprint density at radius 3 is 2.24 bits per heavy atom. The standard InChI is InChI=1S/C28H33F2N4PS2.2C2H6/c1-3-4-5-6-7-10-17-34(2)24-13-12-20(18-21(24)28(29,30)35)32-27-33-23(19-36-27)26-15-14-25(37-26)22-11-8-9-16-31-22;2*1-2/h8-9,11-16,18-19H,3-7,10,17,35H2,1-2H3,(H,32,33);2*1-2H3. The number of thiophene rings is 1. The molecule has 1 unspecified atom stereocenters. The molecule has 0 radical (unpaired) electrons. The molecule has 41 heavy (non-hydrogen) atoms. The van der Waals surface area contributed by atoms with Crippen LogP contribution in [0.2, 0.25) is 0 Å². The number of hydrogen-bond donors (Lipinski definition) is 1. The third-order valence-electron chi connectivity index (χ3n) is 6.15. The fourth-order valence-corrected chi connectivity index (χ4v) is 6.13. The van der Waals surface area contributed by atoms with Gasteiger partial charge in [0.2, 0.25) is 0 Å². The molecule has 1 atom stereocenters. The summed E-state index contributed by atoms with van der Waals surface area (Å²) in [7, 11) is 3.58. The van der Waals surface area contributed by atoms with Crippen molar-refractivity contribution in [2.45, 2.75) is 78.8 Å². The molecule has 9 heteroatoms. The zero-order valence-corrected chi connectivity index (χ0v) is 28.0. The maximum absolute atomic E-state index is 14.6. The number of rotatable bonds is 13. The van der Waals surface area contributed by atoms with Gasteiger partial charge in [-0.1, -0.05) is 82.0 Å². The van der Waals surface area contributed by atoms with Crippen LogP contribution < -0.4 is 10.2 Å². The molecule has 0 fully saturated rings. The van der Waals surface area contributed by atoms with Gasteiger partial charge in [-0.15, -0.1) is 22.7 Å². The molecule has 0 aliphatic carbocycles. The maximum atomic E-state index is 14.6. The molecule has 4 aromatic rings. The van der Waals surface area contributed by atoms with E-state index in [1.54, 1.807) is 32.8 Å². The number of alkyl halides is 2. The van der Waals surface area contributed by atoms with Gasteiger partial charge in [0.25, 0.3) is 5.66 Å². The number of hydrogen-bond acceptors (Lipinski definition) is 6. The van der Waals surface area contributed by atoms with Crippen molar-refractivity contribution in [3.8, 4) is 21.1 Å². The Morgan fingerprint density at radius 2 is 1.59 bits per heavy atom. The highest BCUT2D eigenvalue weighted by Crippen LogP contribution is 2.42. The third-order valence-corrected chi connectivity index (χ3v) is 8.34. The Bertz CT molecular complexity index is 1270. The molecule has 0 aliphatic heterocycles. The number of thiazole rings is 1. The third kappa shape index (κ3) is 10.7. The highest BCUT2D eigenvalue weighted by atomic mass is 32.1. The number of benzene rings is 1. The number of halogens is 2. The Balaban J connectivity index is 0.00000141. The van der Waals surface area contributed by atoms with Gasteiger partial charge in [0, 0.05) is 42.1 Å². The van der Waals surface area contributed by atoms with Gasteiger partial charge in [0.15, 0.2) is 5.13 Å². The van der Waals surface area contributed by atoms with E-state index in [0.717, 1.165) is 40.5 Å². The van der Waals surface area contributed by atoms with Crippen LogP contribution in [-0.4, -0.2) is 23.6 Å². The predicted molar refractivity (Wildman–Crippen MR) is 181 cm³/mol. The molecule has 0 amide bonds. The zero-order chi connectivity index (χ0) is 30.3. The lowest BCUT2D eigenvalue weighted by Gasteiger charge is -2.25. The van der Waals surface area contributed by atoms with Gasteiger partial charge in [-0.2, -0.15) is 8.78 Å². The average Bonchev–Trinajstić information content (AvgIpc) is 3.67. The van der Waals surface area contributed by atoms with Crippen molar-refractivity contribution in [1.82, 2.24) is 9.97 Å². The molecular weight excluding hydrogens is 573 g/mol. The molecule has 4 rings (SSSR count). The largest absolute Gasteiger partial charge is 0.374 e. The molecule has 224 valence electrons. The zero-order valence-electron chi connectivity index (χ0n) is 25.2. The maximum Gasteiger partial charge on any atom is 0.285 e.